The maximum absolute atomic E-state index is 12.9. The van der Waals surface area contributed by atoms with E-state index in [4.69, 9.17) is 16.3 Å². The highest BCUT2D eigenvalue weighted by atomic mass is 35.5. The third kappa shape index (κ3) is 4.83. The van der Waals surface area contributed by atoms with Gasteiger partial charge in [-0.15, -0.1) is 0 Å². The first-order valence-corrected chi connectivity index (χ1v) is 9.65. The zero-order valence-corrected chi connectivity index (χ0v) is 16.7. The van der Waals surface area contributed by atoms with Crippen molar-refractivity contribution >= 4 is 34.1 Å². The number of aromatic amines is 1. The molecule has 3 aromatic carbocycles. The van der Waals surface area contributed by atoms with Crippen LogP contribution in [0.4, 0.5) is 18.9 Å². The van der Waals surface area contributed by atoms with Crippen molar-refractivity contribution in [2.24, 2.45) is 0 Å². The van der Waals surface area contributed by atoms with E-state index < -0.39 is 22.7 Å². The Morgan fingerprint density at radius 2 is 1.74 bits per heavy atom. The number of hydrogen-bond donors (Lipinski definition) is 2. The molecule has 2 N–H and O–H groups in total. The van der Waals surface area contributed by atoms with Gasteiger partial charge in [-0.25, -0.2) is 0 Å². The van der Waals surface area contributed by atoms with Gasteiger partial charge in [0.1, 0.15) is 5.75 Å². The molecule has 0 aliphatic rings. The summed E-state index contributed by atoms with van der Waals surface area (Å²) in [6.07, 6.45) is -4.61. The number of halogens is 4. The minimum atomic E-state index is -4.61. The molecule has 0 atom stereocenters. The molecule has 4 nitrogen and oxygen atoms in total. The molecule has 158 valence electrons. The third-order valence-corrected chi connectivity index (χ3v) is 4.95. The summed E-state index contributed by atoms with van der Waals surface area (Å²) in [6.45, 7) is -0.351. The van der Waals surface area contributed by atoms with Gasteiger partial charge in [-0.1, -0.05) is 29.8 Å². The lowest BCUT2D eigenvalue weighted by atomic mass is 10.1. The number of nitrogens with one attached hydrogen (secondary N) is 2. The Balaban J connectivity index is 1.37. The molecule has 0 aliphatic heterocycles. The minimum Gasteiger partial charge on any atom is -0.484 e. The zero-order chi connectivity index (χ0) is 22.0. The number of carbonyl (C=O) groups excluding carboxylic acids is 1. The molecule has 8 heteroatoms. The van der Waals surface area contributed by atoms with Crippen molar-refractivity contribution in [3.8, 4) is 17.0 Å². The molecular formula is C23H16ClF3N2O2. The van der Waals surface area contributed by atoms with Gasteiger partial charge in [0.25, 0.3) is 5.91 Å². The van der Waals surface area contributed by atoms with Crippen molar-refractivity contribution in [3.05, 3.63) is 83.4 Å². The van der Waals surface area contributed by atoms with E-state index in [2.05, 4.69) is 10.3 Å². The lowest BCUT2D eigenvalue weighted by Gasteiger charge is -2.12. The molecule has 4 aromatic rings. The zero-order valence-electron chi connectivity index (χ0n) is 16.0. The first kappa shape index (κ1) is 20.8. The number of hydrogen-bond acceptors (Lipinski definition) is 2. The second kappa shape index (κ2) is 8.35. The average molecular weight is 445 g/mol. The van der Waals surface area contributed by atoms with Crippen molar-refractivity contribution in [1.82, 2.24) is 4.98 Å². The molecule has 0 aliphatic carbocycles. The number of para-hydroxylation sites is 1. The van der Waals surface area contributed by atoms with Crippen LogP contribution in [0.2, 0.25) is 5.02 Å². The van der Waals surface area contributed by atoms with Gasteiger partial charge in [0.05, 0.1) is 10.6 Å². The molecule has 1 heterocycles. The van der Waals surface area contributed by atoms with Crippen LogP contribution in [0, 0.1) is 0 Å². The average Bonchev–Trinajstić information content (AvgIpc) is 3.17. The van der Waals surface area contributed by atoms with Gasteiger partial charge in [-0.3, -0.25) is 4.79 Å². The summed E-state index contributed by atoms with van der Waals surface area (Å²) >= 11 is 5.58. The topological polar surface area (TPSA) is 54.1 Å². The number of aromatic nitrogens is 1. The van der Waals surface area contributed by atoms with Crippen LogP contribution in [0.1, 0.15) is 5.56 Å². The van der Waals surface area contributed by atoms with Gasteiger partial charge in [0.2, 0.25) is 0 Å². The van der Waals surface area contributed by atoms with Crippen molar-refractivity contribution in [1.29, 1.82) is 0 Å². The highest BCUT2D eigenvalue weighted by Crippen LogP contribution is 2.36. The first-order valence-electron chi connectivity index (χ1n) is 9.27. The molecule has 0 spiro atoms. The summed E-state index contributed by atoms with van der Waals surface area (Å²) in [6, 6.07) is 20.3. The second-order valence-electron chi connectivity index (χ2n) is 6.82. The van der Waals surface area contributed by atoms with Gasteiger partial charge < -0.3 is 15.0 Å². The van der Waals surface area contributed by atoms with E-state index in [1.807, 2.05) is 42.5 Å². The number of anilines is 1. The number of alkyl halides is 3. The number of carbonyl (C=O) groups is 1. The minimum absolute atomic E-state index is 0.0144. The summed E-state index contributed by atoms with van der Waals surface area (Å²) < 4.78 is 44.2. The first-order chi connectivity index (χ1) is 14.8. The number of ether oxygens (including phenoxy) is 1. The monoisotopic (exact) mass is 444 g/mol. The summed E-state index contributed by atoms with van der Waals surface area (Å²) in [7, 11) is 0. The molecule has 4 rings (SSSR count). The highest BCUT2D eigenvalue weighted by molar-refractivity contribution is 6.31. The Morgan fingerprint density at radius 1 is 1.00 bits per heavy atom. The molecule has 0 saturated heterocycles. The van der Waals surface area contributed by atoms with Gasteiger partial charge in [-0.05, 0) is 60.2 Å². The van der Waals surface area contributed by atoms with E-state index in [9.17, 15) is 18.0 Å². The number of fused-ring (bicyclic) bond motifs is 1. The second-order valence-corrected chi connectivity index (χ2v) is 7.23. The van der Waals surface area contributed by atoms with Crippen molar-refractivity contribution in [2.75, 3.05) is 11.9 Å². The maximum atomic E-state index is 12.9. The number of benzene rings is 3. The van der Waals surface area contributed by atoms with Crippen molar-refractivity contribution in [3.63, 3.8) is 0 Å². The van der Waals surface area contributed by atoms with Crippen LogP contribution in [0.15, 0.2) is 72.8 Å². The summed E-state index contributed by atoms with van der Waals surface area (Å²) in [5.41, 5.74) is 1.91. The lowest BCUT2D eigenvalue weighted by Crippen LogP contribution is -2.20. The third-order valence-electron chi connectivity index (χ3n) is 4.62. The van der Waals surface area contributed by atoms with Gasteiger partial charge in [0.15, 0.2) is 6.61 Å². The number of H-pyrrole nitrogens is 1. The Bertz CT molecular complexity index is 1200. The Hall–Kier alpha value is -3.45. The molecule has 0 fully saturated rings. The Labute approximate surface area is 180 Å². The summed E-state index contributed by atoms with van der Waals surface area (Å²) in [4.78, 5) is 15.4. The molecular weight excluding hydrogens is 429 g/mol. The standard InChI is InChI=1S/C23H16ClF3N2O2/c24-19-10-7-16(12-18(19)23(25,26)27)28-22(30)13-31-17-8-5-14(6-9-17)21-11-15-3-1-2-4-20(15)29-21/h1-12,29H,13H2,(H,28,30). The van der Waals surface area contributed by atoms with Crippen LogP contribution < -0.4 is 10.1 Å². The summed E-state index contributed by atoms with van der Waals surface area (Å²) in [5, 5.41) is 3.05. The van der Waals surface area contributed by atoms with Crippen LogP contribution in [0.5, 0.6) is 5.75 Å². The van der Waals surface area contributed by atoms with E-state index >= 15 is 0 Å². The predicted octanol–water partition coefficient (Wildman–Crippen LogP) is 6.52. The van der Waals surface area contributed by atoms with Gasteiger partial charge in [0, 0.05) is 22.3 Å². The Morgan fingerprint density at radius 3 is 2.45 bits per heavy atom. The normalized spacial score (nSPS) is 11.5. The number of rotatable bonds is 5. The molecule has 0 bridgehead atoms. The molecule has 31 heavy (non-hydrogen) atoms. The lowest BCUT2D eigenvalue weighted by molar-refractivity contribution is -0.137. The van der Waals surface area contributed by atoms with E-state index in [1.54, 1.807) is 12.1 Å². The van der Waals surface area contributed by atoms with Crippen LogP contribution >= 0.6 is 11.6 Å². The van der Waals surface area contributed by atoms with E-state index in [-0.39, 0.29) is 12.3 Å². The molecule has 0 unspecified atom stereocenters. The Kier molecular flexibility index (Phi) is 5.61. The SMILES string of the molecule is O=C(COc1ccc(-c2cc3ccccc3[nH]2)cc1)Nc1ccc(Cl)c(C(F)(F)F)c1. The quantitative estimate of drug-likeness (QED) is 0.368. The van der Waals surface area contributed by atoms with Gasteiger partial charge in [-0.2, -0.15) is 13.2 Å². The van der Waals surface area contributed by atoms with Crippen LogP contribution in [-0.2, 0) is 11.0 Å². The smallest absolute Gasteiger partial charge is 0.417 e. The predicted molar refractivity (Wildman–Crippen MR) is 114 cm³/mol. The fourth-order valence-corrected chi connectivity index (χ4v) is 3.35. The number of amides is 1. The molecule has 1 amide bonds. The fourth-order valence-electron chi connectivity index (χ4n) is 3.13. The molecule has 1 aromatic heterocycles. The van der Waals surface area contributed by atoms with Gasteiger partial charge >= 0.3 is 6.18 Å². The van der Waals surface area contributed by atoms with E-state index in [0.29, 0.717) is 5.75 Å². The van der Waals surface area contributed by atoms with Crippen molar-refractivity contribution in [2.45, 2.75) is 6.18 Å². The fraction of sp³-hybridized carbons (Fsp3) is 0.0870. The maximum Gasteiger partial charge on any atom is 0.417 e. The van der Waals surface area contributed by atoms with E-state index in [0.717, 1.165) is 34.3 Å². The largest absolute Gasteiger partial charge is 0.484 e. The van der Waals surface area contributed by atoms with Crippen molar-refractivity contribution < 1.29 is 22.7 Å². The highest BCUT2D eigenvalue weighted by Gasteiger charge is 2.33. The van der Waals surface area contributed by atoms with Crippen LogP contribution in [-0.4, -0.2) is 17.5 Å². The van der Waals surface area contributed by atoms with Crippen LogP contribution in [0.3, 0.4) is 0 Å². The molecule has 0 radical (unpaired) electrons. The molecule has 0 saturated carbocycles. The summed E-state index contributed by atoms with van der Waals surface area (Å²) in [5.74, 6) is -0.128. The van der Waals surface area contributed by atoms with Crippen LogP contribution in [0.25, 0.3) is 22.2 Å². The van der Waals surface area contributed by atoms with E-state index in [1.165, 1.54) is 6.07 Å².